The summed E-state index contributed by atoms with van der Waals surface area (Å²) in [5, 5.41) is 0. The lowest BCUT2D eigenvalue weighted by molar-refractivity contribution is -0.167. The molecule has 0 aromatic carbocycles. The highest BCUT2D eigenvalue weighted by Crippen LogP contribution is 2.16. The fourth-order valence-corrected chi connectivity index (χ4v) is 9.59. The molecular weight excluding hydrogens is 985 g/mol. The maximum atomic E-state index is 12.9. The molecule has 0 rings (SSSR count). The topological polar surface area (TPSA) is 78.9 Å². The van der Waals surface area contributed by atoms with E-state index in [0.29, 0.717) is 19.3 Å². The molecule has 0 bridgehead atoms. The monoisotopic (exact) mass is 1110 g/mol. The Morgan fingerprint density at radius 2 is 0.463 bits per heavy atom. The number of carbonyl (C=O) groups excluding carboxylic acids is 3. The smallest absolute Gasteiger partial charge is 0.306 e. The van der Waals surface area contributed by atoms with Crippen LogP contribution in [0.15, 0.2) is 97.2 Å². The molecule has 6 nitrogen and oxygen atoms in total. The number of unbranched alkanes of at least 4 members (excludes halogenated alkanes) is 35. The highest BCUT2D eigenvalue weighted by Gasteiger charge is 2.19. The number of rotatable bonds is 62. The van der Waals surface area contributed by atoms with Gasteiger partial charge in [-0.2, -0.15) is 0 Å². The van der Waals surface area contributed by atoms with Crippen LogP contribution in [-0.4, -0.2) is 37.2 Å². The summed E-state index contributed by atoms with van der Waals surface area (Å²) in [4.78, 5) is 38.4. The molecule has 0 amide bonds. The zero-order chi connectivity index (χ0) is 57.8. The van der Waals surface area contributed by atoms with Gasteiger partial charge in [-0.1, -0.05) is 291 Å². The van der Waals surface area contributed by atoms with Crippen molar-refractivity contribution in [3.8, 4) is 0 Å². The molecule has 1 atom stereocenters. The van der Waals surface area contributed by atoms with Crippen molar-refractivity contribution >= 4 is 17.9 Å². The van der Waals surface area contributed by atoms with Crippen LogP contribution in [-0.2, 0) is 28.6 Å². The summed E-state index contributed by atoms with van der Waals surface area (Å²) in [7, 11) is 0. The Kier molecular flexibility index (Phi) is 64.7. The standard InChI is InChI=1S/C74H128O6/c1-4-7-10-13-16-19-22-25-28-30-32-34-35-36-37-38-39-41-42-44-46-49-52-55-58-61-64-67-73(76)79-70-71(69-78-72(75)66-63-60-57-54-51-48-27-24-21-18-15-12-9-6-3)80-74(77)68-65-62-59-56-53-50-47-45-43-40-33-31-29-26-23-20-17-14-11-8-5-2/h15,18,22-27,30-33,35-36,43,45,71H,4-14,16-17,19-21,28-29,34,37-42,44,46-70H2,1-3H3/b18-15-,25-22-,26-23-,27-24-,32-30-,33-31-,36-35-,45-43-. The van der Waals surface area contributed by atoms with E-state index in [0.717, 1.165) is 122 Å². The van der Waals surface area contributed by atoms with Gasteiger partial charge in [0.15, 0.2) is 6.10 Å². The van der Waals surface area contributed by atoms with Crippen molar-refractivity contribution in [1.82, 2.24) is 0 Å². The van der Waals surface area contributed by atoms with Crippen molar-refractivity contribution in [3.63, 3.8) is 0 Å². The van der Waals surface area contributed by atoms with E-state index in [9.17, 15) is 14.4 Å². The summed E-state index contributed by atoms with van der Waals surface area (Å²) in [6.07, 6.45) is 91.3. The third kappa shape index (κ3) is 65.1. The Balaban J connectivity index is 4.34. The third-order valence-corrected chi connectivity index (χ3v) is 14.8. The van der Waals surface area contributed by atoms with Gasteiger partial charge in [-0.3, -0.25) is 14.4 Å². The maximum Gasteiger partial charge on any atom is 0.306 e. The van der Waals surface area contributed by atoms with Crippen LogP contribution in [0, 0.1) is 0 Å². The second kappa shape index (κ2) is 67.8. The third-order valence-electron chi connectivity index (χ3n) is 14.8. The quantitative estimate of drug-likeness (QED) is 0.0261. The average Bonchev–Trinajstić information content (AvgIpc) is 3.46. The minimum absolute atomic E-state index is 0.0878. The van der Waals surface area contributed by atoms with Crippen LogP contribution in [0.5, 0.6) is 0 Å². The normalized spacial score (nSPS) is 12.7. The molecule has 0 fully saturated rings. The lowest BCUT2D eigenvalue weighted by Gasteiger charge is -2.18. The predicted molar refractivity (Wildman–Crippen MR) is 348 cm³/mol. The van der Waals surface area contributed by atoms with E-state index in [1.807, 2.05) is 0 Å². The van der Waals surface area contributed by atoms with Gasteiger partial charge in [0.2, 0.25) is 0 Å². The van der Waals surface area contributed by atoms with Gasteiger partial charge in [0.05, 0.1) is 0 Å². The largest absolute Gasteiger partial charge is 0.462 e. The molecule has 460 valence electrons. The van der Waals surface area contributed by atoms with Crippen molar-refractivity contribution in [2.24, 2.45) is 0 Å². The van der Waals surface area contributed by atoms with Crippen molar-refractivity contribution < 1.29 is 28.6 Å². The fraction of sp³-hybridized carbons (Fsp3) is 0.743. The second-order valence-electron chi connectivity index (χ2n) is 22.7. The highest BCUT2D eigenvalue weighted by molar-refractivity contribution is 5.71. The Morgan fingerprint density at radius 1 is 0.250 bits per heavy atom. The zero-order valence-corrected chi connectivity index (χ0v) is 52.8. The molecule has 0 aliphatic heterocycles. The van der Waals surface area contributed by atoms with E-state index >= 15 is 0 Å². The summed E-state index contributed by atoms with van der Waals surface area (Å²) in [6.45, 7) is 6.58. The molecule has 80 heavy (non-hydrogen) atoms. The summed E-state index contributed by atoms with van der Waals surface area (Å²) < 4.78 is 16.9. The van der Waals surface area contributed by atoms with Crippen LogP contribution in [0.2, 0.25) is 0 Å². The molecule has 6 heteroatoms. The predicted octanol–water partition coefficient (Wildman–Crippen LogP) is 23.6. The first-order chi connectivity index (χ1) is 39.5. The number of hydrogen-bond acceptors (Lipinski definition) is 6. The molecule has 0 aromatic rings. The molecule has 0 N–H and O–H groups in total. The van der Waals surface area contributed by atoms with Gasteiger partial charge >= 0.3 is 17.9 Å². The van der Waals surface area contributed by atoms with Crippen molar-refractivity contribution in [2.75, 3.05) is 13.2 Å². The van der Waals surface area contributed by atoms with Gasteiger partial charge in [-0.25, -0.2) is 0 Å². The van der Waals surface area contributed by atoms with Gasteiger partial charge in [-0.05, 0) is 122 Å². The van der Waals surface area contributed by atoms with Crippen molar-refractivity contribution in [1.29, 1.82) is 0 Å². The molecular formula is C74H128O6. The van der Waals surface area contributed by atoms with Crippen LogP contribution in [0.4, 0.5) is 0 Å². The van der Waals surface area contributed by atoms with Crippen molar-refractivity contribution in [2.45, 2.75) is 341 Å². The molecule has 0 aromatic heterocycles. The summed E-state index contributed by atoms with van der Waals surface area (Å²) in [5.41, 5.74) is 0. The van der Waals surface area contributed by atoms with E-state index < -0.39 is 6.10 Å². The van der Waals surface area contributed by atoms with Crippen LogP contribution >= 0.6 is 0 Å². The molecule has 0 radical (unpaired) electrons. The van der Waals surface area contributed by atoms with Crippen LogP contribution < -0.4 is 0 Å². The summed E-state index contributed by atoms with van der Waals surface area (Å²) in [6, 6.07) is 0. The van der Waals surface area contributed by atoms with E-state index in [-0.39, 0.29) is 31.1 Å². The first kappa shape index (κ1) is 76.3. The fourth-order valence-electron chi connectivity index (χ4n) is 9.59. The van der Waals surface area contributed by atoms with E-state index in [4.69, 9.17) is 14.2 Å². The molecule has 0 aliphatic rings. The Morgan fingerprint density at radius 3 is 0.738 bits per heavy atom. The molecule has 0 heterocycles. The second-order valence-corrected chi connectivity index (χ2v) is 22.7. The Hall–Kier alpha value is -3.67. The minimum atomic E-state index is -0.794. The van der Waals surface area contributed by atoms with E-state index in [2.05, 4.69) is 118 Å². The number of ether oxygens (including phenoxy) is 3. The maximum absolute atomic E-state index is 12.9. The highest BCUT2D eigenvalue weighted by atomic mass is 16.6. The average molecular weight is 1110 g/mol. The molecule has 0 aliphatic carbocycles. The minimum Gasteiger partial charge on any atom is -0.462 e. The zero-order valence-electron chi connectivity index (χ0n) is 52.8. The van der Waals surface area contributed by atoms with Gasteiger partial charge in [0, 0.05) is 19.3 Å². The summed E-state index contributed by atoms with van der Waals surface area (Å²) >= 11 is 0. The van der Waals surface area contributed by atoms with Gasteiger partial charge in [-0.15, -0.1) is 0 Å². The van der Waals surface area contributed by atoms with Gasteiger partial charge < -0.3 is 14.2 Å². The number of allylic oxidation sites excluding steroid dienone is 16. The van der Waals surface area contributed by atoms with Crippen LogP contribution in [0.1, 0.15) is 335 Å². The van der Waals surface area contributed by atoms with E-state index in [1.54, 1.807) is 0 Å². The van der Waals surface area contributed by atoms with Crippen molar-refractivity contribution in [3.05, 3.63) is 97.2 Å². The van der Waals surface area contributed by atoms with Crippen LogP contribution in [0.25, 0.3) is 0 Å². The Bertz CT molecular complexity index is 1560. The number of esters is 3. The molecule has 0 saturated carbocycles. The lowest BCUT2D eigenvalue weighted by Crippen LogP contribution is -2.30. The number of hydrogen-bond donors (Lipinski definition) is 0. The van der Waals surface area contributed by atoms with Crippen LogP contribution in [0.3, 0.4) is 0 Å². The molecule has 1 unspecified atom stereocenters. The van der Waals surface area contributed by atoms with Gasteiger partial charge in [0.25, 0.3) is 0 Å². The Labute approximate surface area is 496 Å². The first-order valence-electron chi connectivity index (χ1n) is 34.2. The van der Waals surface area contributed by atoms with E-state index in [1.165, 1.54) is 173 Å². The SMILES string of the molecule is CCCC/C=C\C/C=C\CCCCCCCC(=O)OCC(COC(=O)CCCCCCCCCCCCCC/C=C\C/C=C\C/C=C\CCCCCCC)OC(=O)CCCCCCCC/C=C\C/C=C\C/C=C\CCCCCCC. The molecule has 0 saturated heterocycles. The summed E-state index contributed by atoms with van der Waals surface area (Å²) in [5.74, 6) is -0.905. The van der Waals surface area contributed by atoms with Gasteiger partial charge in [0.1, 0.15) is 13.2 Å². The number of carbonyl (C=O) groups is 3. The lowest BCUT2D eigenvalue weighted by atomic mass is 10.0. The molecule has 0 spiro atoms. The first-order valence-corrected chi connectivity index (χ1v) is 34.2.